The van der Waals surface area contributed by atoms with Gasteiger partial charge >= 0.3 is 10.2 Å². The maximum Gasteiger partial charge on any atom is 0.327 e. The number of hydrogen-bond donors (Lipinski definition) is 2. The average Bonchev–Trinajstić information content (AvgIpc) is 3.45. The first-order valence-corrected chi connectivity index (χ1v) is 21.1. The SMILES string of the molecule is CCc1ccc(N(C)C(=O)[C@H](Cc2cc(F)cc(F)c2)NC(=O)CN2c3ccccc3N(CC(=O)N[C@@H](Cc3cc(F)cc(F)c3)C(=O)N(C)c3cnc(CC)nc3)S2(=O)=O)cn1. The van der Waals surface area contributed by atoms with Gasteiger partial charge in [0.25, 0.3) is 0 Å². The third kappa shape index (κ3) is 10.7. The molecule has 1 aliphatic heterocycles. The van der Waals surface area contributed by atoms with Gasteiger partial charge < -0.3 is 20.4 Å². The molecular weight excluding hydrogens is 847 g/mol. The molecule has 0 saturated heterocycles. The molecule has 0 spiro atoms. The van der Waals surface area contributed by atoms with Crippen LogP contribution in [0, 0.1) is 23.3 Å². The summed E-state index contributed by atoms with van der Waals surface area (Å²) in [7, 11) is -1.92. The first-order valence-electron chi connectivity index (χ1n) is 19.7. The van der Waals surface area contributed by atoms with Gasteiger partial charge in [-0.15, -0.1) is 0 Å². The number of halogens is 4. The molecule has 4 amide bonds. The fourth-order valence-electron chi connectivity index (χ4n) is 6.91. The van der Waals surface area contributed by atoms with Crippen LogP contribution in [0.15, 0.2) is 91.4 Å². The van der Waals surface area contributed by atoms with E-state index in [2.05, 4.69) is 25.6 Å². The number of likely N-dealkylation sites (N-methyl/N-ethyl adjacent to an activating group) is 2. The van der Waals surface area contributed by atoms with Gasteiger partial charge in [0, 0.05) is 51.2 Å². The number of anilines is 4. The van der Waals surface area contributed by atoms with E-state index in [1.54, 1.807) is 12.1 Å². The highest BCUT2D eigenvalue weighted by atomic mass is 32.2. The Balaban J connectivity index is 1.23. The van der Waals surface area contributed by atoms with E-state index < -0.39 is 88.7 Å². The second-order valence-corrected chi connectivity index (χ2v) is 16.4. The Morgan fingerprint density at radius 1 is 0.619 bits per heavy atom. The second-order valence-electron chi connectivity index (χ2n) is 14.6. The number of para-hydroxylation sites is 2. The van der Waals surface area contributed by atoms with Gasteiger partial charge in [-0.05, 0) is 66.1 Å². The van der Waals surface area contributed by atoms with Gasteiger partial charge in [0.2, 0.25) is 23.6 Å². The summed E-state index contributed by atoms with van der Waals surface area (Å²) in [6.07, 6.45) is 4.61. The second kappa shape index (κ2) is 19.4. The molecule has 2 atom stereocenters. The summed E-state index contributed by atoms with van der Waals surface area (Å²) >= 11 is 0. The Morgan fingerprint density at radius 2 is 1.05 bits per heavy atom. The van der Waals surface area contributed by atoms with E-state index in [-0.39, 0.29) is 34.6 Å². The molecule has 0 fully saturated rings. The van der Waals surface area contributed by atoms with Gasteiger partial charge in [-0.3, -0.25) is 24.2 Å². The van der Waals surface area contributed by atoms with E-state index >= 15 is 0 Å². The van der Waals surface area contributed by atoms with Crippen LogP contribution in [0.2, 0.25) is 0 Å². The first kappa shape index (κ1) is 45.6. The van der Waals surface area contributed by atoms with E-state index in [1.165, 1.54) is 61.9 Å². The summed E-state index contributed by atoms with van der Waals surface area (Å²) in [6.45, 7) is 1.94. The largest absolute Gasteiger partial charge is 0.342 e. The van der Waals surface area contributed by atoms with Gasteiger partial charge in [0.15, 0.2) is 0 Å². The van der Waals surface area contributed by atoms with Crippen LogP contribution < -0.4 is 29.0 Å². The molecule has 0 bridgehead atoms. The van der Waals surface area contributed by atoms with Crippen LogP contribution in [0.25, 0.3) is 0 Å². The third-order valence-electron chi connectivity index (χ3n) is 10.2. The number of carbonyl (C=O) groups excluding carboxylic acids is 4. The first-order chi connectivity index (χ1) is 30.0. The molecular formula is C43H43F4N9O6S. The van der Waals surface area contributed by atoms with Crippen LogP contribution in [-0.4, -0.2) is 86.3 Å². The maximum absolute atomic E-state index is 14.2. The average molecular weight is 890 g/mol. The molecule has 0 unspecified atom stereocenters. The lowest BCUT2D eigenvalue weighted by atomic mass is 10.0. The number of carbonyl (C=O) groups is 4. The lowest BCUT2D eigenvalue weighted by Gasteiger charge is -2.27. The van der Waals surface area contributed by atoms with Crippen LogP contribution >= 0.6 is 0 Å². The fourth-order valence-corrected chi connectivity index (χ4v) is 8.51. The molecule has 330 valence electrons. The third-order valence-corrected chi connectivity index (χ3v) is 11.9. The molecule has 6 rings (SSSR count). The topological polar surface area (TPSA) is 178 Å². The van der Waals surface area contributed by atoms with Gasteiger partial charge in [0.05, 0.1) is 41.3 Å². The molecule has 2 N–H and O–H groups in total. The Morgan fingerprint density at radius 3 is 1.44 bits per heavy atom. The van der Waals surface area contributed by atoms with Crippen molar-refractivity contribution < 1.29 is 45.2 Å². The quantitative estimate of drug-likeness (QED) is 0.138. The number of pyridine rings is 1. The number of benzene rings is 3. The molecule has 2 aromatic heterocycles. The summed E-state index contributed by atoms with van der Waals surface area (Å²) in [5.74, 6) is -6.58. The molecule has 1 aliphatic rings. The summed E-state index contributed by atoms with van der Waals surface area (Å²) in [6, 6.07) is 11.5. The molecule has 15 nitrogen and oxygen atoms in total. The van der Waals surface area contributed by atoms with E-state index in [4.69, 9.17) is 0 Å². The number of amides is 4. The number of nitrogens with zero attached hydrogens (tertiary/aromatic N) is 7. The van der Waals surface area contributed by atoms with Crippen LogP contribution in [0.4, 0.5) is 40.3 Å². The van der Waals surface area contributed by atoms with E-state index in [1.807, 2.05) is 13.8 Å². The predicted molar refractivity (Wildman–Crippen MR) is 226 cm³/mol. The molecule has 3 aromatic carbocycles. The van der Waals surface area contributed by atoms with Crippen LogP contribution in [-0.2, 0) is 55.1 Å². The highest BCUT2D eigenvalue weighted by Crippen LogP contribution is 2.40. The number of rotatable bonds is 16. The van der Waals surface area contributed by atoms with Crippen molar-refractivity contribution in [1.29, 1.82) is 0 Å². The van der Waals surface area contributed by atoms with Crippen molar-refractivity contribution >= 4 is 56.6 Å². The maximum atomic E-state index is 14.2. The predicted octanol–water partition coefficient (Wildman–Crippen LogP) is 4.21. The minimum atomic E-state index is -4.73. The van der Waals surface area contributed by atoms with Gasteiger partial charge in [0.1, 0.15) is 54.3 Å². The highest BCUT2D eigenvalue weighted by Gasteiger charge is 2.43. The Labute approximate surface area is 360 Å². The number of nitrogens with one attached hydrogen (secondary N) is 2. The summed E-state index contributed by atoms with van der Waals surface area (Å²) < 4.78 is 86.9. The Hall–Kier alpha value is -6.96. The van der Waals surface area contributed by atoms with Gasteiger partial charge in [-0.25, -0.2) is 36.1 Å². The molecule has 20 heteroatoms. The summed E-state index contributed by atoms with van der Waals surface area (Å²) in [5, 5.41) is 5.03. The molecule has 0 aliphatic carbocycles. The minimum Gasteiger partial charge on any atom is -0.342 e. The van der Waals surface area contributed by atoms with Crippen LogP contribution in [0.3, 0.4) is 0 Å². The van der Waals surface area contributed by atoms with Crippen molar-refractivity contribution in [1.82, 2.24) is 25.6 Å². The molecule has 3 heterocycles. The number of aryl methyl sites for hydroxylation is 2. The molecule has 0 radical (unpaired) electrons. The van der Waals surface area contributed by atoms with Gasteiger partial charge in [-0.2, -0.15) is 8.42 Å². The van der Waals surface area contributed by atoms with Crippen LogP contribution in [0.5, 0.6) is 0 Å². The van der Waals surface area contributed by atoms with Gasteiger partial charge in [-0.1, -0.05) is 26.0 Å². The lowest BCUT2D eigenvalue weighted by molar-refractivity contribution is -0.126. The lowest BCUT2D eigenvalue weighted by Crippen LogP contribution is -2.53. The molecule has 63 heavy (non-hydrogen) atoms. The monoisotopic (exact) mass is 889 g/mol. The standard InChI is InChI=1S/C43H43F4N9O6S/c1-5-32-11-12-33(21-48-32)53(3)42(59)35(17-26-13-28(44)19-29(45)14-26)51-40(57)24-55-37-9-7-8-10-38(37)56(63(55,61)62)25-41(58)52-36(18-27-15-30(46)20-31(47)16-27)43(60)54(4)34-22-49-39(6-2)50-23-34/h7-16,19-23,35-36H,5-6,17-18,24-25H2,1-4H3,(H,51,57)(H,52,58)/t35-,36-/m0/s1. The van der Waals surface area contributed by atoms with Crippen molar-refractivity contribution in [2.45, 2.75) is 51.6 Å². The zero-order valence-corrected chi connectivity index (χ0v) is 35.4. The summed E-state index contributed by atoms with van der Waals surface area (Å²) in [4.78, 5) is 70.5. The summed E-state index contributed by atoms with van der Waals surface area (Å²) in [5.41, 5.74) is 1.38. The van der Waals surface area contributed by atoms with Crippen molar-refractivity contribution in [3.8, 4) is 0 Å². The number of fused-ring (bicyclic) bond motifs is 1. The van der Waals surface area contributed by atoms with Crippen molar-refractivity contribution in [2.24, 2.45) is 0 Å². The minimum absolute atomic E-state index is 0.00661. The zero-order chi connectivity index (χ0) is 45.6. The molecule has 5 aromatic rings. The number of aromatic nitrogens is 3. The van der Waals surface area contributed by atoms with Crippen molar-refractivity contribution in [3.05, 3.63) is 137 Å². The smallest absolute Gasteiger partial charge is 0.327 e. The van der Waals surface area contributed by atoms with Crippen molar-refractivity contribution in [2.75, 3.05) is 45.6 Å². The normalized spacial score (nSPS) is 13.8. The Bertz CT molecular complexity index is 2410. The van der Waals surface area contributed by atoms with E-state index in [0.717, 1.165) is 39.2 Å². The Kier molecular flexibility index (Phi) is 14.0. The molecule has 0 saturated carbocycles. The van der Waals surface area contributed by atoms with E-state index in [9.17, 15) is 45.2 Å². The van der Waals surface area contributed by atoms with Crippen LogP contribution in [0.1, 0.15) is 36.5 Å². The fraction of sp³-hybridized carbons (Fsp3) is 0.279. The number of hydrogen-bond acceptors (Lipinski definition) is 9. The highest BCUT2D eigenvalue weighted by molar-refractivity contribution is 7.94. The van der Waals surface area contributed by atoms with E-state index in [0.29, 0.717) is 40.8 Å². The zero-order valence-electron chi connectivity index (χ0n) is 34.6. The van der Waals surface area contributed by atoms with Crippen molar-refractivity contribution in [3.63, 3.8) is 0 Å².